The Morgan fingerprint density at radius 2 is 1.93 bits per heavy atom. The van der Waals surface area contributed by atoms with Gasteiger partial charge in [-0.25, -0.2) is 14.6 Å². The number of thiazole rings is 1. The maximum atomic E-state index is 10.6. The van der Waals surface area contributed by atoms with Gasteiger partial charge in [-0.3, -0.25) is 0 Å². The molecule has 0 unspecified atom stereocenters. The first-order chi connectivity index (χ1) is 6.54. The summed E-state index contributed by atoms with van der Waals surface area (Å²) < 4.78 is 0. The van der Waals surface area contributed by atoms with Gasteiger partial charge in [0, 0.05) is 17.2 Å². The monoisotopic (exact) mass is 213 g/mol. The topological polar surface area (TPSA) is 87.5 Å². The van der Waals surface area contributed by atoms with Crippen LogP contribution >= 0.6 is 11.3 Å². The first kappa shape index (κ1) is 10.4. The van der Waals surface area contributed by atoms with Gasteiger partial charge in [-0.1, -0.05) is 0 Å². The molecule has 0 atom stereocenters. The Morgan fingerprint density at radius 1 is 1.36 bits per heavy atom. The molecule has 1 aromatic rings. The fourth-order valence-electron chi connectivity index (χ4n) is 0.928. The summed E-state index contributed by atoms with van der Waals surface area (Å²) >= 11 is 1.20. The second-order valence-electron chi connectivity index (χ2n) is 2.45. The number of hydrogen-bond donors (Lipinski definition) is 2. The highest BCUT2D eigenvalue weighted by Gasteiger charge is 2.21. The summed E-state index contributed by atoms with van der Waals surface area (Å²) in [6.07, 6.45) is 1.49. The highest BCUT2D eigenvalue weighted by molar-refractivity contribution is 7.10. The van der Waals surface area contributed by atoms with E-state index in [-0.39, 0.29) is 5.57 Å². The zero-order chi connectivity index (χ0) is 10.7. The van der Waals surface area contributed by atoms with Crippen LogP contribution in [-0.2, 0) is 9.59 Å². The molecule has 5 nitrogen and oxygen atoms in total. The Labute approximate surface area is 83.3 Å². The number of aliphatic carboxylic acids is 2. The molecule has 1 rings (SSSR count). The zero-order valence-corrected chi connectivity index (χ0v) is 8.04. The van der Waals surface area contributed by atoms with E-state index in [1.807, 2.05) is 0 Å². The Morgan fingerprint density at radius 3 is 2.29 bits per heavy atom. The highest BCUT2D eigenvalue weighted by atomic mass is 32.1. The van der Waals surface area contributed by atoms with Crippen molar-refractivity contribution in [2.24, 2.45) is 0 Å². The number of carbonyl (C=O) groups is 2. The van der Waals surface area contributed by atoms with E-state index in [9.17, 15) is 9.59 Å². The highest BCUT2D eigenvalue weighted by Crippen LogP contribution is 2.20. The average molecular weight is 213 g/mol. The average Bonchev–Trinajstić information content (AvgIpc) is 2.53. The molecule has 0 saturated carbocycles. The molecule has 0 bridgehead atoms. The summed E-state index contributed by atoms with van der Waals surface area (Å²) in [4.78, 5) is 25.1. The Bertz CT molecular complexity index is 377. The standard InChI is InChI=1S/C8H7NO4S/c1-4(6-9-2-3-14-6)5(7(10)11)8(12)13/h2-3H,1H3,(H,10,11)(H,12,13). The van der Waals surface area contributed by atoms with E-state index in [0.717, 1.165) is 0 Å². The molecule has 0 aliphatic carbocycles. The van der Waals surface area contributed by atoms with Crippen LogP contribution < -0.4 is 0 Å². The van der Waals surface area contributed by atoms with Gasteiger partial charge in [-0.15, -0.1) is 11.3 Å². The normalized spacial score (nSPS) is 9.50. The van der Waals surface area contributed by atoms with E-state index < -0.39 is 17.5 Å². The fourth-order valence-corrected chi connectivity index (χ4v) is 1.58. The Balaban J connectivity index is 3.25. The van der Waals surface area contributed by atoms with Crippen molar-refractivity contribution in [3.05, 3.63) is 22.2 Å². The van der Waals surface area contributed by atoms with E-state index in [1.54, 1.807) is 5.38 Å². The van der Waals surface area contributed by atoms with Crippen molar-refractivity contribution < 1.29 is 19.8 Å². The van der Waals surface area contributed by atoms with Gasteiger partial charge in [0.05, 0.1) is 0 Å². The molecule has 1 aromatic heterocycles. The lowest BCUT2D eigenvalue weighted by Gasteiger charge is -1.99. The summed E-state index contributed by atoms with van der Waals surface area (Å²) in [6, 6.07) is 0. The van der Waals surface area contributed by atoms with Crippen LogP contribution in [-0.4, -0.2) is 27.1 Å². The first-order valence-electron chi connectivity index (χ1n) is 3.61. The molecule has 0 radical (unpaired) electrons. The summed E-state index contributed by atoms with van der Waals surface area (Å²) in [5.74, 6) is -2.91. The van der Waals surface area contributed by atoms with Gasteiger partial charge in [0.25, 0.3) is 0 Å². The minimum Gasteiger partial charge on any atom is -0.477 e. The van der Waals surface area contributed by atoms with Crippen molar-refractivity contribution in [3.8, 4) is 0 Å². The van der Waals surface area contributed by atoms with E-state index in [2.05, 4.69) is 4.98 Å². The maximum Gasteiger partial charge on any atom is 0.343 e. The number of nitrogens with zero attached hydrogens (tertiary/aromatic N) is 1. The SMILES string of the molecule is CC(=C(C(=O)O)C(=O)O)c1nccs1. The van der Waals surface area contributed by atoms with Gasteiger partial charge >= 0.3 is 11.9 Å². The Kier molecular flexibility index (Phi) is 2.98. The Hall–Kier alpha value is -1.69. The summed E-state index contributed by atoms with van der Waals surface area (Å²) in [5.41, 5.74) is -0.472. The zero-order valence-electron chi connectivity index (χ0n) is 7.22. The largest absolute Gasteiger partial charge is 0.477 e. The lowest BCUT2D eigenvalue weighted by molar-refractivity contribution is -0.140. The molecule has 0 fully saturated rings. The van der Waals surface area contributed by atoms with Crippen molar-refractivity contribution >= 4 is 28.8 Å². The third kappa shape index (κ3) is 1.97. The van der Waals surface area contributed by atoms with Gasteiger partial charge in [0.15, 0.2) is 0 Å². The van der Waals surface area contributed by atoms with Crippen molar-refractivity contribution in [1.29, 1.82) is 0 Å². The number of rotatable bonds is 3. The predicted molar refractivity (Wildman–Crippen MR) is 50.0 cm³/mol. The van der Waals surface area contributed by atoms with Crippen LogP contribution in [0.15, 0.2) is 17.2 Å². The number of carboxylic acids is 2. The number of carboxylic acid groups (broad SMARTS) is 2. The van der Waals surface area contributed by atoms with Crippen molar-refractivity contribution in [2.75, 3.05) is 0 Å². The van der Waals surface area contributed by atoms with E-state index in [1.165, 1.54) is 24.5 Å². The van der Waals surface area contributed by atoms with Crippen molar-refractivity contribution in [1.82, 2.24) is 4.98 Å². The molecule has 74 valence electrons. The van der Waals surface area contributed by atoms with Gasteiger partial charge in [-0.2, -0.15) is 0 Å². The van der Waals surface area contributed by atoms with Crippen LogP contribution in [0.4, 0.5) is 0 Å². The van der Waals surface area contributed by atoms with Crippen molar-refractivity contribution in [2.45, 2.75) is 6.92 Å². The minimum absolute atomic E-state index is 0.167. The second-order valence-corrected chi connectivity index (χ2v) is 3.34. The maximum absolute atomic E-state index is 10.6. The van der Waals surface area contributed by atoms with Gasteiger partial charge in [0.1, 0.15) is 10.6 Å². The summed E-state index contributed by atoms with van der Waals surface area (Å²) in [5, 5.41) is 19.4. The molecule has 6 heteroatoms. The van der Waals surface area contributed by atoms with Crippen LogP contribution in [0, 0.1) is 0 Å². The smallest absolute Gasteiger partial charge is 0.343 e. The molecule has 0 saturated heterocycles. The van der Waals surface area contributed by atoms with E-state index in [4.69, 9.17) is 10.2 Å². The number of hydrogen-bond acceptors (Lipinski definition) is 4. The van der Waals surface area contributed by atoms with E-state index in [0.29, 0.717) is 5.01 Å². The van der Waals surface area contributed by atoms with Crippen LogP contribution in [0.1, 0.15) is 11.9 Å². The molecule has 14 heavy (non-hydrogen) atoms. The molecule has 0 spiro atoms. The molecule has 0 aromatic carbocycles. The summed E-state index contributed by atoms with van der Waals surface area (Å²) in [7, 11) is 0. The van der Waals surface area contributed by atoms with Crippen LogP contribution in [0.25, 0.3) is 5.57 Å². The molecule has 1 heterocycles. The van der Waals surface area contributed by atoms with Crippen LogP contribution in [0.5, 0.6) is 0 Å². The molecule has 0 aliphatic heterocycles. The first-order valence-corrected chi connectivity index (χ1v) is 4.49. The third-order valence-corrected chi connectivity index (χ3v) is 2.45. The minimum atomic E-state index is -1.45. The summed E-state index contributed by atoms with van der Waals surface area (Å²) in [6.45, 7) is 1.43. The molecular formula is C8H7NO4S. The van der Waals surface area contributed by atoms with E-state index >= 15 is 0 Å². The second kappa shape index (κ2) is 4.01. The third-order valence-electron chi connectivity index (χ3n) is 1.56. The van der Waals surface area contributed by atoms with Gasteiger partial charge in [-0.05, 0) is 6.92 Å². The fraction of sp³-hybridized carbons (Fsp3) is 0.125. The predicted octanol–water partition coefficient (Wildman–Crippen LogP) is 1.09. The number of aromatic nitrogens is 1. The van der Waals surface area contributed by atoms with Crippen molar-refractivity contribution in [3.63, 3.8) is 0 Å². The molecule has 0 amide bonds. The number of allylic oxidation sites excluding steroid dienone is 1. The molecule has 2 N–H and O–H groups in total. The van der Waals surface area contributed by atoms with Crippen LogP contribution in [0.2, 0.25) is 0 Å². The van der Waals surface area contributed by atoms with Gasteiger partial charge in [0.2, 0.25) is 0 Å². The van der Waals surface area contributed by atoms with Gasteiger partial charge < -0.3 is 10.2 Å². The van der Waals surface area contributed by atoms with Crippen LogP contribution in [0.3, 0.4) is 0 Å². The lowest BCUT2D eigenvalue weighted by Crippen LogP contribution is -2.13. The lowest BCUT2D eigenvalue weighted by atomic mass is 10.1. The molecular weight excluding hydrogens is 206 g/mol. The molecule has 0 aliphatic rings. The quantitative estimate of drug-likeness (QED) is 0.445.